The number of para-hydroxylation sites is 1. The summed E-state index contributed by atoms with van der Waals surface area (Å²) < 4.78 is 2.64. The SMILES string of the molecule is Cc1cc2c(C#N)c3sc4ccccc4n3c(=O)c2c(C)n1. The number of nitrogens with zero attached hydrogens (tertiary/aromatic N) is 3. The van der Waals surface area contributed by atoms with Crippen LogP contribution in [0.25, 0.3) is 25.8 Å². The van der Waals surface area contributed by atoms with E-state index >= 15 is 0 Å². The van der Waals surface area contributed by atoms with Crippen molar-refractivity contribution < 1.29 is 0 Å². The summed E-state index contributed by atoms with van der Waals surface area (Å²) >= 11 is 1.47. The van der Waals surface area contributed by atoms with E-state index in [4.69, 9.17) is 0 Å². The number of pyridine rings is 2. The molecule has 0 atom stereocenters. The van der Waals surface area contributed by atoms with Crippen LogP contribution in [-0.2, 0) is 0 Å². The van der Waals surface area contributed by atoms with Gasteiger partial charge in [-0.3, -0.25) is 14.2 Å². The van der Waals surface area contributed by atoms with Crippen molar-refractivity contribution in [3.8, 4) is 6.07 Å². The molecule has 4 aromatic rings. The molecule has 106 valence electrons. The van der Waals surface area contributed by atoms with Gasteiger partial charge in [-0.15, -0.1) is 11.3 Å². The second-order valence-electron chi connectivity index (χ2n) is 5.27. The fourth-order valence-corrected chi connectivity index (χ4v) is 4.13. The molecule has 3 aromatic heterocycles. The number of hydrogen-bond acceptors (Lipinski definition) is 4. The van der Waals surface area contributed by atoms with Crippen molar-refractivity contribution in [1.82, 2.24) is 9.38 Å². The van der Waals surface area contributed by atoms with Gasteiger partial charge in [0.15, 0.2) is 0 Å². The molecule has 4 rings (SSSR count). The van der Waals surface area contributed by atoms with Crippen LogP contribution in [0.15, 0.2) is 35.1 Å². The van der Waals surface area contributed by atoms with Crippen molar-refractivity contribution in [3.05, 3.63) is 57.6 Å². The normalized spacial score (nSPS) is 11.3. The van der Waals surface area contributed by atoms with Crippen molar-refractivity contribution in [1.29, 1.82) is 5.26 Å². The van der Waals surface area contributed by atoms with Gasteiger partial charge < -0.3 is 0 Å². The highest BCUT2D eigenvalue weighted by Crippen LogP contribution is 2.31. The molecule has 0 bridgehead atoms. The van der Waals surface area contributed by atoms with E-state index in [1.54, 1.807) is 4.40 Å². The Labute approximate surface area is 129 Å². The molecule has 0 saturated heterocycles. The fourth-order valence-electron chi connectivity index (χ4n) is 2.98. The van der Waals surface area contributed by atoms with E-state index in [9.17, 15) is 10.1 Å². The van der Waals surface area contributed by atoms with Crippen LogP contribution in [0.5, 0.6) is 0 Å². The Balaban J connectivity index is 2.45. The number of benzene rings is 1. The van der Waals surface area contributed by atoms with Gasteiger partial charge in [0.05, 0.1) is 26.9 Å². The highest BCUT2D eigenvalue weighted by atomic mass is 32.1. The molecule has 22 heavy (non-hydrogen) atoms. The van der Waals surface area contributed by atoms with Crippen LogP contribution in [0.2, 0.25) is 0 Å². The lowest BCUT2D eigenvalue weighted by Gasteiger charge is -2.07. The highest BCUT2D eigenvalue weighted by molar-refractivity contribution is 7.24. The van der Waals surface area contributed by atoms with Crippen molar-refractivity contribution in [2.24, 2.45) is 0 Å². The zero-order valence-corrected chi connectivity index (χ0v) is 12.9. The van der Waals surface area contributed by atoms with Crippen LogP contribution < -0.4 is 5.56 Å². The Morgan fingerprint density at radius 2 is 2.05 bits per heavy atom. The van der Waals surface area contributed by atoms with Crippen molar-refractivity contribution >= 4 is 37.2 Å². The van der Waals surface area contributed by atoms with E-state index in [0.29, 0.717) is 26.9 Å². The summed E-state index contributed by atoms with van der Waals surface area (Å²) in [5.74, 6) is 0. The zero-order chi connectivity index (χ0) is 15.4. The molecule has 1 aromatic carbocycles. The molecule has 0 aliphatic rings. The topological polar surface area (TPSA) is 58.2 Å². The second kappa shape index (κ2) is 4.39. The second-order valence-corrected chi connectivity index (χ2v) is 6.30. The minimum Gasteiger partial charge on any atom is -0.268 e. The molecule has 3 heterocycles. The average molecular weight is 305 g/mol. The number of aryl methyl sites for hydroxylation is 2. The summed E-state index contributed by atoms with van der Waals surface area (Å²) in [6.45, 7) is 3.69. The van der Waals surface area contributed by atoms with E-state index in [-0.39, 0.29) is 5.56 Å². The summed E-state index contributed by atoms with van der Waals surface area (Å²) in [5, 5.41) is 10.9. The molecular formula is C17H11N3OS. The average Bonchev–Trinajstić information content (AvgIpc) is 2.86. The van der Waals surface area contributed by atoms with Crippen LogP contribution in [0.3, 0.4) is 0 Å². The number of thiazole rings is 1. The molecule has 0 spiro atoms. The first kappa shape index (κ1) is 13.0. The molecule has 5 heteroatoms. The largest absolute Gasteiger partial charge is 0.268 e. The van der Waals surface area contributed by atoms with Gasteiger partial charge in [-0.25, -0.2) is 0 Å². The third-order valence-corrected chi connectivity index (χ3v) is 5.00. The van der Waals surface area contributed by atoms with E-state index in [1.165, 1.54) is 11.3 Å². The van der Waals surface area contributed by atoms with E-state index in [0.717, 1.165) is 15.9 Å². The predicted octanol–water partition coefficient (Wildman–Crippen LogP) is 3.55. The summed E-state index contributed by atoms with van der Waals surface area (Å²) in [5.41, 5.74) is 2.76. The summed E-state index contributed by atoms with van der Waals surface area (Å²) in [7, 11) is 0. The molecule has 0 fully saturated rings. The standard InChI is InChI=1S/C17H11N3OS/c1-9-7-11-12(8-18)17-20(16(21)15(11)10(2)19-9)13-5-3-4-6-14(13)22-17/h3-7H,1-2H3. The van der Waals surface area contributed by atoms with Gasteiger partial charge in [0, 0.05) is 11.1 Å². The van der Waals surface area contributed by atoms with Gasteiger partial charge in [-0.05, 0) is 32.0 Å². The zero-order valence-electron chi connectivity index (χ0n) is 12.0. The summed E-state index contributed by atoms with van der Waals surface area (Å²) in [6, 6.07) is 11.8. The molecule has 0 aliphatic heterocycles. The minimum atomic E-state index is -0.105. The maximum atomic E-state index is 13.0. The molecule has 0 amide bonds. The Bertz CT molecular complexity index is 1180. The molecule has 0 saturated carbocycles. The number of nitriles is 1. The van der Waals surface area contributed by atoms with Crippen LogP contribution >= 0.6 is 11.3 Å². The van der Waals surface area contributed by atoms with Gasteiger partial charge in [0.2, 0.25) is 0 Å². The maximum Gasteiger partial charge on any atom is 0.266 e. The van der Waals surface area contributed by atoms with Gasteiger partial charge in [0.1, 0.15) is 10.9 Å². The van der Waals surface area contributed by atoms with Crippen LogP contribution in [0.1, 0.15) is 17.0 Å². The quantitative estimate of drug-likeness (QED) is 0.499. The van der Waals surface area contributed by atoms with Gasteiger partial charge >= 0.3 is 0 Å². The number of rotatable bonds is 0. The third-order valence-electron chi connectivity index (χ3n) is 3.86. The third kappa shape index (κ3) is 1.56. The lowest BCUT2D eigenvalue weighted by atomic mass is 10.1. The number of aromatic nitrogens is 2. The lowest BCUT2D eigenvalue weighted by Crippen LogP contribution is -2.15. The van der Waals surface area contributed by atoms with E-state index in [1.807, 2.05) is 44.2 Å². The minimum absolute atomic E-state index is 0.105. The molecule has 0 N–H and O–H groups in total. The maximum absolute atomic E-state index is 13.0. The van der Waals surface area contributed by atoms with Crippen molar-refractivity contribution in [2.45, 2.75) is 13.8 Å². The Morgan fingerprint density at radius 1 is 1.27 bits per heavy atom. The van der Waals surface area contributed by atoms with Crippen LogP contribution in [0.4, 0.5) is 0 Å². The monoisotopic (exact) mass is 305 g/mol. The highest BCUT2D eigenvalue weighted by Gasteiger charge is 2.18. The van der Waals surface area contributed by atoms with Crippen LogP contribution in [0, 0.1) is 25.2 Å². The van der Waals surface area contributed by atoms with Crippen molar-refractivity contribution in [2.75, 3.05) is 0 Å². The predicted molar refractivity (Wildman–Crippen MR) is 88.5 cm³/mol. The first-order chi connectivity index (χ1) is 10.6. The first-order valence-corrected chi connectivity index (χ1v) is 7.68. The number of hydrogen-bond donors (Lipinski definition) is 0. The van der Waals surface area contributed by atoms with Crippen LogP contribution in [-0.4, -0.2) is 9.38 Å². The molecule has 0 radical (unpaired) electrons. The summed E-state index contributed by atoms with van der Waals surface area (Å²) in [6.07, 6.45) is 0. The van der Waals surface area contributed by atoms with Gasteiger partial charge in [-0.2, -0.15) is 5.26 Å². The number of fused-ring (bicyclic) bond motifs is 4. The molecule has 0 unspecified atom stereocenters. The molecule has 4 nitrogen and oxygen atoms in total. The van der Waals surface area contributed by atoms with E-state index in [2.05, 4.69) is 11.1 Å². The smallest absolute Gasteiger partial charge is 0.266 e. The Morgan fingerprint density at radius 3 is 2.82 bits per heavy atom. The first-order valence-electron chi connectivity index (χ1n) is 6.86. The van der Waals surface area contributed by atoms with Gasteiger partial charge in [0.25, 0.3) is 5.56 Å². The molecule has 0 aliphatic carbocycles. The molecular weight excluding hydrogens is 294 g/mol. The Kier molecular flexibility index (Phi) is 2.59. The summed E-state index contributed by atoms with van der Waals surface area (Å²) in [4.78, 5) is 18.1. The lowest BCUT2D eigenvalue weighted by molar-refractivity contribution is 1.12. The van der Waals surface area contributed by atoms with E-state index < -0.39 is 0 Å². The Hall–Kier alpha value is -2.71. The fraction of sp³-hybridized carbons (Fsp3) is 0.118. The van der Waals surface area contributed by atoms with Crippen molar-refractivity contribution in [3.63, 3.8) is 0 Å². The van der Waals surface area contributed by atoms with Gasteiger partial charge in [-0.1, -0.05) is 12.1 Å².